The van der Waals surface area contributed by atoms with Crippen molar-refractivity contribution in [3.05, 3.63) is 57.2 Å². The lowest BCUT2D eigenvalue weighted by Gasteiger charge is -2.42. The van der Waals surface area contributed by atoms with Crippen molar-refractivity contribution in [2.45, 2.75) is 24.3 Å². The van der Waals surface area contributed by atoms with Crippen molar-refractivity contribution < 1.29 is 4.74 Å². The highest BCUT2D eigenvalue weighted by Gasteiger charge is 2.41. The summed E-state index contributed by atoms with van der Waals surface area (Å²) in [7, 11) is 0. The Labute approximate surface area is 128 Å². The number of ether oxygens (including phenoxy) is 1. The van der Waals surface area contributed by atoms with E-state index in [9.17, 15) is 0 Å². The zero-order valence-corrected chi connectivity index (χ0v) is 12.8. The number of hydrogen-bond donors (Lipinski definition) is 1. The molecule has 2 nitrogen and oxygen atoms in total. The second-order valence-corrected chi connectivity index (χ2v) is 7.00. The lowest BCUT2D eigenvalue weighted by Crippen LogP contribution is -2.43. The van der Waals surface area contributed by atoms with E-state index >= 15 is 0 Å². The van der Waals surface area contributed by atoms with Gasteiger partial charge in [0.15, 0.2) is 0 Å². The average molecular weight is 308 g/mol. The van der Waals surface area contributed by atoms with Gasteiger partial charge >= 0.3 is 0 Å². The number of halogens is 1. The van der Waals surface area contributed by atoms with E-state index in [-0.39, 0.29) is 11.5 Å². The van der Waals surface area contributed by atoms with Crippen LogP contribution in [0.1, 0.15) is 29.3 Å². The Bertz CT molecular complexity index is 563. The summed E-state index contributed by atoms with van der Waals surface area (Å²) in [4.78, 5) is 1.15. The lowest BCUT2D eigenvalue weighted by molar-refractivity contribution is 0.0402. The van der Waals surface area contributed by atoms with Gasteiger partial charge < -0.3 is 10.5 Å². The van der Waals surface area contributed by atoms with Crippen LogP contribution in [0.5, 0.6) is 0 Å². The summed E-state index contributed by atoms with van der Waals surface area (Å²) < 4.78 is 6.36. The summed E-state index contributed by atoms with van der Waals surface area (Å²) >= 11 is 7.66. The summed E-state index contributed by atoms with van der Waals surface area (Å²) in [6, 6.07) is 14.5. The van der Waals surface area contributed by atoms with Crippen LogP contribution in [0.4, 0.5) is 0 Å². The minimum Gasteiger partial charge on any atom is -0.381 e. The Morgan fingerprint density at radius 1 is 1.10 bits per heavy atom. The van der Waals surface area contributed by atoms with Crippen molar-refractivity contribution >= 4 is 22.9 Å². The first kappa shape index (κ1) is 14.1. The molecule has 1 unspecified atom stereocenters. The molecule has 2 heterocycles. The number of nitrogens with two attached hydrogens (primary N) is 1. The molecule has 0 aliphatic carbocycles. The Balaban J connectivity index is 2.01. The van der Waals surface area contributed by atoms with Gasteiger partial charge in [-0.15, -0.1) is 11.3 Å². The molecule has 1 fully saturated rings. The first-order valence-corrected chi connectivity index (χ1v) is 8.06. The maximum Gasteiger partial charge on any atom is 0.0931 e. The van der Waals surface area contributed by atoms with Gasteiger partial charge in [0.2, 0.25) is 0 Å². The van der Waals surface area contributed by atoms with Crippen LogP contribution >= 0.6 is 22.9 Å². The van der Waals surface area contributed by atoms with Crippen LogP contribution in [0.3, 0.4) is 0 Å². The van der Waals surface area contributed by atoms with Crippen LogP contribution in [0.15, 0.2) is 42.5 Å². The van der Waals surface area contributed by atoms with Crippen molar-refractivity contribution in [2.24, 2.45) is 5.73 Å². The van der Waals surface area contributed by atoms with Crippen molar-refractivity contribution in [1.82, 2.24) is 0 Å². The Morgan fingerprint density at radius 3 is 2.40 bits per heavy atom. The molecule has 1 atom stereocenters. The molecule has 0 spiro atoms. The number of benzene rings is 1. The van der Waals surface area contributed by atoms with Crippen LogP contribution in [-0.2, 0) is 10.2 Å². The van der Waals surface area contributed by atoms with Gasteiger partial charge in [0.25, 0.3) is 0 Å². The van der Waals surface area contributed by atoms with E-state index in [1.54, 1.807) is 11.3 Å². The molecule has 2 aromatic rings. The third kappa shape index (κ3) is 2.51. The maximum atomic E-state index is 6.65. The topological polar surface area (TPSA) is 35.2 Å². The molecular formula is C16H18ClNOS. The summed E-state index contributed by atoms with van der Waals surface area (Å²) in [5, 5.41) is 0. The molecule has 106 valence electrons. The predicted molar refractivity (Wildman–Crippen MR) is 84.4 cm³/mol. The fourth-order valence-corrected chi connectivity index (χ4v) is 4.23. The van der Waals surface area contributed by atoms with Gasteiger partial charge in [-0.05, 0) is 30.5 Å². The first-order valence-electron chi connectivity index (χ1n) is 6.86. The van der Waals surface area contributed by atoms with E-state index in [1.807, 2.05) is 12.1 Å². The fraction of sp³-hybridized carbons (Fsp3) is 0.375. The van der Waals surface area contributed by atoms with E-state index in [0.717, 1.165) is 35.3 Å². The smallest absolute Gasteiger partial charge is 0.0931 e. The molecule has 0 bridgehead atoms. The molecule has 20 heavy (non-hydrogen) atoms. The highest BCUT2D eigenvalue weighted by Crippen LogP contribution is 2.45. The summed E-state index contributed by atoms with van der Waals surface area (Å²) in [6.45, 7) is 1.53. The maximum absolute atomic E-state index is 6.65. The zero-order chi connectivity index (χ0) is 14.0. The summed E-state index contributed by atoms with van der Waals surface area (Å²) in [6.07, 6.45) is 1.90. The van der Waals surface area contributed by atoms with E-state index < -0.39 is 0 Å². The monoisotopic (exact) mass is 307 g/mol. The highest BCUT2D eigenvalue weighted by molar-refractivity contribution is 7.16. The van der Waals surface area contributed by atoms with Crippen LogP contribution in [-0.4, -0.2) is 13.2 Å². The van der Waals surface area contributed by atoms with Crippen molar-refractivity contribution in [3.8, 4) is 0 Å². The predicted octanol–water partition coefficient (Wildman–Crippen LogP) is 4.15. The number of rotatable bonds is 3. The van der Waals surface area contributed by atoms with Crippen LogP contribution < -0.4 is 5.73 Å². The summed E-state index contributed by atoms with van der Waals surface area (Å²) in [5.41, 5.74) is 7.90. The lowest BCUT2D eigenvalue weighted by atomic mass is 9.68. The molecule has 2 N–H and O–H groups in total. The molecule has 0 amide bonds. The van der Waals surface area contributed by atoms with E-state index in [1.165, 1.54) is 5.56 Å². The van der Waals surface area contributed by atoms with E-state index in [4.69, 9.17) is 22.1 Å². The van der Waals surface area contributed by atoms with E-state index in [0.29, 0.717) is 0 Å². The first-order chi connectivity index (χ1) is 9.72. The molecule has 1 saturated heterocycles. The SMILES string of the molecule is NC(c1ccc(Cl)s1)C1(c2ccccc2)CCOCC1. The van der Waals surface area contributed by atoms with Gasteiger partial charge in [-0.25, -0.2) is 0 Å². The fourth-order valence-electron chi connectivity index (χ4n) is 3.05. The van der Waals surface area contributed by atoms with Crippen LogP contribution in [0.25, 0.3) is 0 Å². The molecule has 3 rings (SSSR count). The second kappa shape index (κ2) is 5.86. The molecule has 0 saturated carbocycles. The molecule has 0 radical (unpaired) electrons. The van der Waals surface area contributed by atoms with Gasteiger partial charge in [0.1, 0.15) is 0 Å². The van der Waals surface area contributed by atoms with E-state index in [2.05, 4.69) is 30.3 Å². The average Bonchev–Trinajstić information content (AvgIpc) is 2.94. The minimum absolute atomic E-state index is 0.0358. The Hall–Kier alpha value is -0.870. The molecule has 4 heteroatoms. The number of thiophene rings is 1. The van der Waals surface area contributed by atoms with Crippen LogP contribution in [0, 0.1) is 0 Å². The number of hydrogen-bond acceptors (Lipinski definition) is 3. The molecule has 1 aromatic carbocycles. The van der Waals surface area contributed by atoms with Gasteiger partial charge in [0, 0.05) is 29.5 Å². The highest BCUT2D eigenvalue weighted by atomic mass is 35.5. The molecule has 1 aromatic heterocycles. The zero-order valence-electron chi connectivity index (χ0n) is 11.2. The molecule has 1 aliphatic heterocycles. The Kier molecular flexibility index (Phi) is 4.13. The third-order valence-electron chi connectivity index (χ3n) is 4.23. The van der Waals surface area contributed by atoms with Crippen molar-refractivity contribution in [1.29, 1.82) is 0 Å². The molecule has 1 aliphatic rings. The third-order valence-corrected chi connectivity index (χ3v) is 5.54. The normalized spacial score (nSPS) is 19.7. The van der Waals surface area contributed by atoms with Gasteiger partial charge in [-0.3, -0.25) is 0 Å². The summed E-state index contributed by atoms with van der Waals surface area (Å²) in [5.74, 6) is 0. The van der Waals surface area contributed by atoms with Crippen molar-refractivity contribution in [2.75, 3.05) is 13.2 Å². The van der Waals surface area contributed by atoms with Gasteiger partial charge in [-0.1, -0.05) is 41.9 Å². The minimum atomic E-state index is -0.0479. The van der Waals surface area contributed by atoms with Crippen LogP contribution in [0.2, 0.25) is 4.34 Å². The Morgan fingerprint density at radius 2 is 1.80 bits per heavy atom. The van der Waals surface area contributed by atoms with Gasteiger partial charge in [-0.2, -0.15) is 0 Å². The van der Waals surface area contributed by atoms with Crippen molar-refractivity contribution in [3.63, 3.8) is 0 Å². The second-order valence-electron chi connectivity index (χ2n) is 5.25. The molecular weight excluding hydrogens is 290 g/mol. The standard InChI is InChI=1S/C16H18ClNOS/c17-14-7-6-13(20-14)15(18)16(8-10-19-11-9-16)12-4-2-1-3-5-12/h1-7,15H,8-11,18H2. The largest absolute Gasteiger partial charge is 0.381 e. The quantitative estimate of drug-likeness (QED) is 0.924. The van der Waals surface area contributed by atoms with Gasteiger partial charge in [0.05, 0.1) is 4.34 Å².